The Morgan fingerprint density at radius 3 is 1.32 bits per heavy atom. The van der Waals surface area contributed by atoms with Gasteiger partial charge in [-0.05, 0) is 65.7 Å². The third-order valence-electron chi connectivity index (χ3n) is 4.00. The highest BCUT2D eigenvalue weighted by atomic mass is 28.2. The van der Waals surface area contributed by atoms with Gasteiger partial charge in [-0.2, -0.15) is 0 Å². The maximum atomic E-state index is 5.60. The number of hydrogen-bond donors (Lipinski definition) is 1. The zero-order valence-corrected chi connectivity index (χ0v) is 20.0. The fourth-order valence-corrected chi connectivity index (χ4v) is 5.89. The van der Waals surface area contributed by atoms with Crippen molar-refractivity contribution in [3.05, 3.63) is 0 Å². The summed E-state index contributed by atoms with van der Waals surface area (Å²) in [5, 5.41) is 3.58. The molecule has 0 heterocycles. The number of nitrogens with one attached hydrogen (secondary N) is 1. The number of hydrogen-bond acceptors (Lipinski definition) is 5. The van der Waals surface area contributed by atoms with Gasteiger partial charge in [-0.1, -0.05) is 12.1 Å². The summed E-state index contributed by atoms with van der Waals surface area (Å²) in [6.07, 6.45) is 2.70. The van der Waals surface area contributed by atoms with Crippen LogP contribution in [0, 0.1) is 0 Å². The highest BCUT2D eigenvalue weighted by molar-refractivity contribution is 6.35. The minimum atomic E-state index is -0.0548. The van der Waals surface area contributed by atoms with E-state index in [0.717, 1.165) is 51.6 Å². The van der Waals surface area contributed by atoms with Crippen molar-refractivity contribution in [3.63, 3.8) is 0 Å². The molecule has 0 amide bonds. The first-order chi connectivity index (χ1) is 12.3. The van der Waals surface area contributed by atoms with Crippen LogP contribution < -0.4 is 5.32 Å². The number of rotatable bonds is 20. The highest BCUT2D eigenvalue weighted by Gasteiger charge is 2.08. The molecule has 0 saturated carbocycles. The molecule has 0 spiro atoms. The molecule has 5 nitrogen and oxygen atoms in total. The second kappa shape index (κ2) is 20.5. The van der Waals surface area contributed by atoms with Crippen LogP contribution in [0.4, 0.5) is 0 Å². The lowest BCUT2D eigenvalue weighted by Crippen LogP contribution is -2.21. The van der Waals surface area contributed by atoms with Gasteiger partial charge in [0.15, 0.2) is 12.6 Å². The van der Waals surface area contributed by atoms with Gasteiger partial charge in [-0.15, -0.1) is 0 Å². The zero-order valence-electron chi connectivity index (χ0n) is 17.2. The molecule has 0 aliphatic heterocycles. The first-order valence-electron chi connectivity index (χ1n) is 10.4. The molecule has 1 N–H and O–H groups in total. The molecule has 0 radical (unpaired) electrons. The van der Waals surface area contributed by atoms with Crippen LogP contribution in [0.3, 0.4) is 0 Å². The van der Waals surface area contributed by atoms with Crippen LogP contribution in [0.1, 0.15) is 40.5 Å². The molecule has 7 heteroatoms. The van der Waals surface area contributed by atoms with Crippen molar-refractivity contribution < 1.29 is 18.9 Å². The molecule has 25 heavy (non-hydrogen) atoms. The topological polar surface area (TPSA) is 49.0 Å². The van der Waals surface area contributed by atoms with Crippen LogP contribution in [-0.4, -0.2) is 71.1 Å². The molecule has 0 aromatic heterocycles. The minimum absolute atomic E-state index is 0.0526. The Labute approximate surface area is 160 Å². The van der Waals surface area contributed by atoms with Gasteiger partial charge in [0, 0.05) is 45.5 Å². The van der Waals surface area contributed by atoms with E-state index in [9.17, 15) is 0 Å². The van der Waals surface area contributed by atoms with Crippen LogP contribution in [-0.2, 0) is 18.9 Å². The minimum Gasteiger partial charge on any atom is -0.353 e. The molecule has 152 valence electrons. The van der Waals surface area contributed by atoms with Crippen molar-refractivity contribution in [2.75, 3.05) is 39.5 Å². The van der Waals surface area contributed by atoms with E-state index in [0.29, 0.717) is 0 Å². The van der Waals surface area contributed by atoms with Crippen LogP contribution >= 0.6 is 0 Å². The summed E-state index contributed by atoms with van der Waals surface area (Å²) in [4.78, 5) is 0. The smallest absolute Gasteiger partial charge is 0.154 e. The average molecular weight is 394 g/mol. The van der Waals surface area contributed by atoms with E-state index in [4.69, 9.17) is 18.9 Å². The summed E-state index contributed by atoms with van der Waals surface area (Å²) in [7, 11) is -0.110. The van der Waals surface area contributed by atoms with E-state index in [1.54, 1.807) is 0 Å². The van der Waals surface area contributed by atoms with E-state index >= 15 is 0 Å². The SMILES string of the molecule is CCOC(C[SiH2]CCCNCCC[SiH2]CC(OCC)OCC)OCC. The lowest BCUT2D eigenvalue weighted by molar-refractivity contribution is -0.123. The van der Waals surface area contributed by atoms with Gasteiger partial charge in [0.05, 0.1) is 0 Å². The third-order valence-corrected chi connectivity index (χ3v) is 7.76. The Morgan fingerprint density at radius 1 is 0.640 bits per heavy atom. The zero-order chi connectivity index (χ0) is 18.6. The molecule has 0 rings (SSSR count). The fraction of sp³-hybridized carbons (Fsp3) is 1.00. The van der Waals surface area contributed by atoms with E-state index in [-0.39, 0.29) is 31.6 Å². The Morgan fingerprint density at radius 2 is 1.00 bits per heavy atom. The molecule has 0 aliphatic rings. The molecular weight excluding hydrogens is 350 g/mol. The molecule has 0 aliphatic carbocycles. The molecule has 0 unspecified atom stereocenters. The first kappa shape index (κ1) is 25.2. The third kappa shape index (κ3) is 17.4. The maximum Gasteiger partial charge on any atom is 0.154 e. The van der Waals surface area contributed by atoms with Crippen molar-refractivity contribution in [3.8, 4) is 0 Å². The van der Waals surface area contributed by atoms with Crippen molar-refractivity contribution in [1.82, 2.24) is 5.32 Å². The lowest BCUT2D eigenvalue weighted by atomic mass is 10.4. The van der Waals surface area contributed by atoms with Crippen molar-refractivity contribution in [1.29, 1.82) is 0 Å². The predicted molar refractivity (Wildman–Crippen MR) is 112 cm³/mol. The quantitative estimate of drug-likeness (QED) is 0.195. The number of ether oxygens (including phenoxy) is 4. The first-order valence-corrected chi connectivity index (χ1v) is 14.4. The molecule has 0 saturated heterocycles. The monoisotopic (exact) mass is 393 g/mol. The fourth-order valence-electron chi connectivity index (χ4n) is 2.77. The molecule has 0 fully saturated rings. The Hall–Kier alpha value is 0.234. The van der Waals surface area contributed by atoms with Gasteiger partial charge in [0.2, 0.25) is 0 Å². The normalized spacial score (nSPS) is 12.7. The summed E-state index contributed by atoms with van der Waals surface area (Å²) in [5.41, 5.74) is 0. The van der Waals surface area contributed by atoms with Crippen LogP contribution in [0.25, 0.3) is 0 Å². The highest BCUT2D eigenvalue weighted by Crippen LogP contribution is 2.05. The Bertz CT molecular complexity index is 227. The van der Waals surface area contributed by atoms with Gasteiger partial charge >= 0.3 is 0 Å². The van der Waals surface area contributed by atoms with Gasteiger partial charge in [0.25, 0.3) is 0 Å². The van der Waals surface area contributed by atoms with E-state index in [1.165, 1.54) is 24.9 Å². The van der Waals surface area contributed by atoms with Crippen LogP contribution in [0.15, 0.2) is 0 Å². The van der Waals surface area contributed by atoms with Crippen LogP contribution in [0.2, 0.25) is 24.2 Å². The predicted octanol–water partition coefficient (Wildman–Crippen LogP) is 2.17. The maximum absolute atomic E-state index is 5.60. The van der Waals surface area contributed by atoms with Crippen molar-refractivity contribution >= 4 is 19.0 Å². The second-order valence-corrected chi connectivity index (χ2v) is 10.1. The molecule has 0 aromatic rings. The largest absolute Gasteiger partial charge is 0.353 e. The summed E-state index contributed by atoms with van der Waals surface area (Å²) in [6, 6.07) is 5.05. The van der Waals surface area contributed by atoms with Gasteiger partial charge in [-0.3, -0.25) is 0 Å². The van der Waals surface area contributed by atoms with Crippen LogP contribution in [0.5, 0.6) is 0 Å². The molecule has 0 bridgehead atoms. The Kier molecular flexibility index (Phi) is 20.7. The summed E-state index contributed by atoms with van der Waals surface area (Å²) < 4.78 is 22.4. The summed E-state index contributed by atoms with van der Waals surface area (Å²) in [6.45, 7) is 13.5. The van der Waals surface area contributed by atoms with Crippen molar-refractivity contribution in [2.45, 2.75) is 77.3 Å². The standard InChI is InChI=1S/C18H43NO4Si2/c1-5-20-17(21-6-2)15-24-13-9-11-19-12-10-14-25-16-18(22-7-3)23-8-4/h17-19H,5-16,24-25H2,1-4H3. The van der Waals surface area contributed by atoms with Gasteiger partial charge in [0.1, 0.15) is 0 Å². The average Bonchev–Trinajstić information content (AvgIpc) is 2.60. The van der Waals surface area contributed by atoms with E-state index in [1.807, 2.05) is 27.7 Å². The van der Waals surface area contributed by atoms with Crippen molar-refractivity contribution in [2.24, 2.45) is 0 Å². The molecular formula is C18H43NO4Si2. The van der Waals surface area contributed by atoms with Gasteiger partial charge in [-0.25, -0.2) is 0 Å². The lowest BCUT2D eigenvalue weighted by Gasteiger charge is -2.16. The summed E-state index contributed by atoms with van der Waals surface area (Å²) >= 11 is 0. The molecule has 0 atom stereocenters. The van der Waals surface area contributed by atoms with E-state index < -0.39 is 0 Å². The van der Waals surface area contributed by atoms with E-state index in [2.05, 4.69) is 5.32 Å². The Balaban J connectivity index is 3.35. The molecule has 0 aromatic carbocycles. The summed E-state index contributed by atoms with van der Waals surface area (Å²) in [5.74, 6) is 0. The second-order valence-electron chi connectivity index (χ2n) is 6.13. The van der Waals surface area contributed by atoms with Gasteiger partial charge < -0.3 is 24.3 Å².